The van der Waals surface area contributed by atoms with Crippen LogP contribution in [0.4, 0.5) is 0 Å². The van der Waals surface area contributed by atoms with Gasteiger partial charge in [-0.2, -0.15) is 0 Å². The molecular weight excluding hydrogens is 308 g/mol. The number of aryl methyl sites for hydroxylation is 1. The maximum Gasteiger partial charge on any atom is 0.366 e. The van der Waals surface area contributed by atoms with E-state index < -0.39 is 17.8 Å². The Hall–Kier alpha value is -3.41. The fourth-order valence-electron chi connectivity index (χ4n) is 2.79. The quantitative estimate of drug-likeness (QED) is 0.736. The summed E-state index contributed by atoms with van der Waals surface area (Å²) in [5.41, 5.74) is 2.48. The van der Waals surface area contributed by atoms with Crippen LogP contribution in [0.25, 0.3) is 10.9 Å². The fraction of sp³-hybridized carbons (Fsp3) is 0.0556. The number of imide groups is 1. The molecule has 1 aliphatic heterocycles. The van der Waals surface area contributed by atoms with Crippen LogP contribution in [0.15, 0.2) is 48.7 Å². The number of rotatable bonds is 2. The van der Waals surface area contributed by atoms with E-state index in [-0.39, 0.29) is 16.7 Å². The molecule has 1 aliphatic rings. The Morgan fingerprint density at radius 2 is 1.71 bits per heavy atom. The SMILES string of the molecule is Cc1ccc2[nH]cc(C(=O)ON3C(=O)c4ccccc4C3=O)c2c1. The maximum absolute atomic E-state index is 12.4. The lowest BCUT2D eigenvalue weighted by Crippen LogP contribution is -2.32. The number of aromatic nitrogens is 1. The Kier molecular flexibility index (Phi) is 2.99. The number of hydroxylamine groups is 2. The molecule has 0 spiro atoms. The molecular formula is C18H12N2O4. The van der Waals surface area contributed by atoms with Crippen LogP contribution in [0, 0.1) is 6.92 Å². The van der Waals surface area contributed by atoms with Crippen LogP contribution >= 0.6 is 0 Å². The van der Waals surface area contributed by atoms with Gasteiger partial charge in [0.25, 0.3) is 11.8 Å². The van der Waals surface area contributed by atoms with Crippen molar-refractivity contribution in [3.63, 3.8) is 0 Å². The van der Waals surface area contributed by atoms with Crippen LogP contribution in [0.1, 0.15) is 36.6 Å². The van der Waals surface area contributed by atoms with Crippen molar-refractivity contribution in [2.45, 2.75) is 6.92 Å². The molecule has 0 saturated heterocycles. The number of amides is 2. The van der Waals surface area contributed by atoms with E-state index in [2.05, 4.69) is 4.98 Å². The van der Waals surface area contributed by atoms with E-state index in [0.29, 0.717) is 10.4 Å². The van der Waals surface area contributed by atoms with E-state index in [9.17, 15) is 14.4 Å². The van der Waals surface area contributed by atoms with E-state index >= 15 is 0 Å². The second-order valence-electron chi connectivity index (χ2n) is 5.58. The summed E-state index contributed by atoms with van der Waals surface area (Å²) in [6.45, 7) is 1.91. The highest BCUT2D eigenvalue weighted by molar-refractivity contribution is 6.21. The molecule has 0 atom stereocenters. The molecule has 1 N–H and O–H groups in total. The monoisotopic (exact) mass is 320 g/mol. The minimum Gasteiger partial charge on any atom is -0.360 e. The molecule has 0 fully saturated rings. The van der Waals surface area contributed by atoms with Gasteiger partial charge in [0.2, 0.25) is 0 Å². The predicted molar refractivity (Wildman–Crippen MR) is 85.4 cm³/mol. The third-order valence-electron chi connectivity index (χ3n) is 3.99. The summed E-state index contributed by atoms with van der Waals surface area (Å²) >= 11 is 0. The highest BCUT2D eigenvalue weighted by Crippen LogP contribution is 2.25. The Morgan fingerprint density at radius 1 is 1.04 bits per heavy atom. The summed E-state index contributed by atoms with van der Waals surface area (Å²) in [5.74, 6) is -2.04. The smallest absolute Gasteiger partial charge is 0.360 e. The van der Waals surface area contributed by atoms with Gasteiger partial charge in [-0.15, -0.1) is 0 Å². The molecule has 1 aromatic heterocycles. The number of fused-ring (bicyclic) bond motifs is 2. The van der Waals surface area contributed by atoms with Crippen molar-refractivity contribution in [1.29, 1.82) is 0 Å². The molecule has 0 aliphatic carbocycles. The number of H-pyrrole nitrogens is 1. The van der Waals surface area contributed by atoms with Gasteiger partial charge in [-0.05, 0) is 31.2 Å². The first-order valence-corrected chi connectivity index (χ1v) is 7.34. The molecule has 6 nitrogen and oxygen atoms in total. The minimum absolute atomic E-state index is 0.227. The van der Waals surface area contributed by atoms with Crippen molar-refractivity contribution in [2.75, 3.05) is 0 Å². The minimum atomic E-state index is -0.763. The van der Waals surface area contributed by atoms with E-state index in [4.69, 9.17) is 4.84 Å². The highest BCUT2D eigenvalue weighted by atomic mass is 16.7. The van der Waals surface area contributed by atoms with Crippen molar-refractivity contribution in [1.82, 2.24) is 10.0 Å². The topological polar surface area (TPSA) is 79.5 Å². The Morgan fingerprint density at radius 3 is 2.38 bits per heavy atom. The van der Waals surface area contributed by atoms with Gasteiger partial charge < -0.3 is 9.82 Å². The lowest BCUT2D eigenvalue weighted by Gasteiger charge is -2.12. The van der Waals surface area contributed by atoms with Gasteiger partial charge in [0.05, 0.1) is 16.7 Å². The van der Waals surface area contributed by atoms with Crippen molar-refractivity contribution in [3.05, 3.63) is 70.9 Å². The van der Waals surface area contributed by atoms with Crippen LogP contribution in [0.3, 0.4) is 0 Å². The molecule has 0 bridgehead atoms. The third-order valence-corrected chi connectivity index (χ3v) is 3.99. The van der Waals surface area contributed by atoms with Gasteiger partial charge in [0.1, 0.15) is 0 Å². The standard InChI is InChI=1S/C18H12N2O4/c1-10-6-7-15-13(8-10)14(9-19-15)18(23)24-20-16(21)11-4-2-3-5-12(11)17(20)22/h2-9,19H,1H3. The van der Waals surface area contributed by atoms with Gasteiger partial charge in [0, 0.05) is 17.1 Å². The van der Waals surface area contributed by atoms with Crippen molar-refractivity contribution >= 4 is 28.7 Å². The second-order valence-corrected chi connectivity index (χ2v) is 5.58. The van der Waals surface area contributed by atoms with Gasteiger partial charge in [-0.25, -0.2) is 4.79 Å². The van der Waals surface area contributed by atoms with Crippen LogP contribution in [0.2, 0.25) is 0 Å². The largest absolute Gasteiger partial charge is 0.366 e. The Balaban J connectivity index is 1.66. The van der Waals surface area contributed by atoms with Crippen LogP contribution < -0.4 is 0 Å². The van der Waals surface area contributed by atoms with E-state index in [0.717, 1.165) is 11.1 Å². The summed E-state index contributed by atoms with van der Waals surface area (Å²) < 4.78 is 0. The average molecular weight is 320 g/mol. The third kappa shape index (κ3) is 2.00. The molecule has 0 radical (unpaired) electrons. The lowest BCUT2D eigenvalue weighted by molar-refractivity contribution is -0.0583. The van der Waals surface area contributed by atoms with E-state index in [1.807, 2.05) is 25.1 Å². The predicted octanol–water partition coefficient (Wildman–Crippen LogP) is 2.84. The fourth-order valence-corrected chi connectivity index (χ4v) is 2.79. The summed E-state index contributed by atoms with van der Waals surface area (Å²) in [6.07, 6.45) is 1.50. The first kappa shape index (κ1) is 14.2. The maximum atomic E-state index is 12.4. The average Bonchev–Trinajstić information content (AvgIpc) is 3.10. The normalized spacial score (nSPS) is 13.5. The molecule has 6 heteroatoms. The van der Waals surface area contributed by atoms with Crippen LogP contribution in [0.5, 0.6) is 0 Å². The van der Waals surface area contributed by atoms with Gasteiger partial charge in [0.15, 0.2) is 0 Å². The van der Waals surface area contributed by atoms with E-state index in [1.165, 1.54) is 18.3 Å². The zero-order valence-electron chi connectivity index (χ0n) is 12.7. The molecule has 2 amide bonds. The molecule has 2 heterocycles. The van der Waals surface area contributed by atoms with Crippen molar-refractivity contribution in [2.24, 2.45) is 0 Å². The molecule has 0 unspecified atom stereocenters. The Labute approximate surface area is 136 Å². The molecule has 4 rings (SSSR count). The number of benzene rings is 2. The van der Waals surface area contributed by atoms with Gasteiger partial charge in [-0.3, -0.25) is 9.59 Å². The zero-order chi connectivity index (χ0) is 16.8. The van der Waals surface area contributed by atoms with Crippen molar-refractivity contribution < 1.29 is 19.2 Å². The van der Waals surface area contributed by atoms with Gasteiger partial charge in [-0.1, -0.05) is 28.8 Å². The number of hydrogen-bond acceptors (Lipinski definition) is 4. The summed E-state index contributed by atoms with van der Waals surface area (Å²) in [6, 6.07) is 12.0. The molecule has 2 aromatic carbocycles. The number of aromatic amines is 1. The lowest BCUT2D eigenvalue weighted by atomic mass is 10.1. The summed E-state index contributed by atoms with van der Waals surface area (Å²) in [7, 11) is 0. The number of nitrogens with zero attached hydrogens (tertiary/aromatic N) is 1. The second kappa shape index (κ2) is 5.06. The van der Waals surface area contributed by atoms with Crippen LogP contribution in [-0.2, 0) is 4.84 Å². The van der Waals surface area contributed by atoms with Crippen LogP contribution in [-0.4, -0.2) is 27.8 Å². The zero-order valence-corrected chi connectivity index (χ0v) is 12.7. The van der Waals surface area contributed by atoms with E-state index in [1.54, 1.807) is 12.1 Å². The van der Waals surface area contributed by atoms with Gasteiger partial charge >= 0.3 is 5.97 Å². The Bertz CT molecular complexity index is 984. The molecule has 3 aromatic rings. The first-order chi connectivity index (χ1) is 11.6. The highest BCUT2D eigenvalue weighted by Gasteiger charge is 2.39. The number of carbonyl (C=O) groups excluding carboxylic acids is 3. The van der Waals surface area contributed by atoms with Crippen molar-refractivity contribution in [3.8, 4) is 0 Å². The number of carbonyl (C=O) groups is 3. The summed E-state index contributed by atoms with van der Waals surface area (Å²) in [4.78, 5) is 45.0. The molecule has 118 valence electrons. The first-order valence-electron chi connectivity index (χ1n) is 7.34. The number of hydrogen-bond donors (Lipinski definition) is 1. The summed E-state index contributed by atoms with van der Waals surface area (Å²) in [5, 5.41) is 1.19. The molecule has 0 saturated carbocycles. The molecule has 24 heavy (non-hydrogen) atoms. The number of nitrogens with one attached hydrogen (secondary N) is 1.